The molecule has 0 spiro atoms. The number of aliphatic hydroxyl groups is 1. The van der Waals surface area contributed by atoms with Gasteiger partial charge in [0, 0.05) is 34.7 Å². The van der Waals surface area contributed by atoms with Crippen molar-refractivity contribution in [2.45, 2.75) is 56.5 Å². The summed E-state index contributed by atoms with van der Waals surface area (Å²) >= 11 is 18.3. The number of benzene rings is 3. The Bertz CT molecular complexity index is 1300. The third kappa shape index (κ3) is 9.12. The largest absolute Gasteiger partial charge is 0.465 e. The Morgan fingerprint density at radius 3 is 1.84 bits per heavy atom. The van der Waals surface area contributed by atoms with Crippen LogP contribution in [-0.2, 0) is 25.3 Å². The number of carbonyl (C=O) groups is 2. The zero-order valence-corrected chi connectivity index (χ0v) is 28.0. The van der Waals surface area contributed by atoms with Gasteiger partial charge in [-0.05, 0) is 92.2 Å². The molecule has 3 aromatic rings. The summed E-state index contributed by atoms with van der Waals surface area (Å²) in [4.78, 5) is 29.3. The van der Waals surface area contributed by atoms with Crippen molar-refractivity contribution < 1.29 is 19.4 Å². The standard InChI is InChI=1S/C34H39Cl3N2O4.ClH/c1-2-43-32(41)34(26-8-14-29(36)15-9-26,27-10-16-30(37)17-11-27)24-31(40)38-20-4-3-5-21-39-22-18-33(42,19-23-39)25-6-12-28(35)13-7-25;/h6-17,42H,2-5,18-24H2,1H3,(H,38,40);1H. The van der Waals surface area contributed by atoms with Crippen LogP contribution in [0.1, 0.15) is 62.1 Å². The van der Waals surface area contributed by atoms with Crippen molar-refractivity contribution in [2.75, 3.05) is 32.8 Å². The first kappa shape index (κ1) is 36.2. The molecule has 6 nitrogen and oxygen atoms in total. The van der Waals surface area contributed by atoms with Crippen molar-refractivity contribution in [1.82, 2.24) is 10.2 Å². The van der Waals surface area contributed by atoms with E-state index in [9.17, 15) is 14.7 Å². The van der Waals surface area contributed by atoms with Crippen LogP contribution < -0.4 is 5.32 Å². The number of nitrogens with one attached hydrogen (secondary N) is 1. The maximum atomic E-state index is 13.6. The lowest BCUT2D eigenvalue weighted by Gasteiger charge is -2.38. The van der Waals surface area contributed by atoms with E-state index in [1.54, 1.807) is 55.5 Å². The van der Waals surface area contributed by atoms with E-state index in [4.69, 9.17) is 39.5 Å². The number of hydrogen-bond donors (Lipinski definition) is 2. The topological polar surface area (TPSA) is 78.9 Å². The Kier molecular flexibility index (Phi) is 13.8. The summed E-state index contributed by atoms with van der Waals surface area (Å²) in [6.07, 6.45) is 4.04. The first-order valence-electron chi connectivity index (χ1n) is 14.8. The molecule has 2 N–H and O–H groups in total. The number of nitrogens with zero attached hydrogens (tertiary/aromatic N) is 1. The van der Waals surface area contributed by atoms with Crippen LogP contribution in [0.15, 0.2) is 72.8 Å². The lowest BCUT2D eigenvalue weighted by molar-refractivity contribution is -0.150. The van der Waals surface area contributed by atoms with Crippen molar-refractivity contribution in [1.29, 1.82) is 0 Å². The van der Waals surface area contributed by atoms with Crippen molar-refractivity contribution in [3.05, 3.63) is 105 Å². The number of hydrogen-bond acceptors (Lipinski definition) is 5. The van der Waals surface area contributed by atoms with E-state index < -0.39 is 17.0 Å². The molecule has 0 aromatic heterocycles. The molecule has 0 atom stereocenters. The number of likely N-dealkylation sites (tertiary alicyclic amines) is 1. The second kappa shape index (κ2) is 16.8. The van der Waals surface area contributed by atoms with Gasteiger partial charge in [-0.15, -0.1) is 12.4 Å². The van der Waals surface area contributed by atoms with Gasteiger partial charge in [0.1, 0.15) is 5.41 Å². The Balaban J connectivity index is 0.00000529. The summed E-state index contributed by atoms with van der Waals surface area (Å²) in [6, 6.07) is 21.4. The Morgan fingerprint density at radius 1 is 0.841 bits per heavy atom. The average molecular weight is 683 g/mol. The van der Waals surface area contributed by atoms with Crippen molar-refractivity contribution in [2.24, 2.45) is 0 Å². The fourth-order valence-electron chi connectivity index (χ4n) is 5.77. The van der Waals surface area contributed by atoms with Gasteiger partial charge in [0.05, 0.1) is 18.6 Å². The minimum atomic E-state index is -1.35. The molecule has 1 fully saturated rings. The highest BCUT2D eigenvalue weighted by Gasteiger charge is 2.45. The molecule has 1 aliphatic heterocycles. The van der Waals surface area contributed by atoms with Crippen LogP contribution in [0.3, 0.4) is 0 Å². The molecule has 10 heteroatoms. The van der Waals surface area contributed by atoms with Crippen molar-refractivity contribution in [3.63, 3.8) is 0 Å². The highest BCUT2D eigenvalue weighted by Crippen LogP contribution is 2.39. The molecule has 44 heavy (non-hydrogen) atoms. The SMILES string of the molecule is CCOC(=O)C(CC(=O)NCCCCCN1CCC(O)(c2ccc(Cl)cc2)CC1)(c1ccc(Cl)cc1)c1ccc(Cl)cc1.Cl. The van der Waals surface area contributed by atoms with Gasteiger partial charge in [-0.25, -0.2) is 0 Å². The summed E-state index contributed by atoms with van der Waals surface area (Å²) in [5, 5.41) is 15.9. The van der Waals surface area contributed by atoms with Crippen LogP contribution in [0.5, 0.6) is 0 Å². The number of amides is 1. The molecule has 3 aromatic carbocycles. The molecule has 1 heterocycles. The zero-order chi connectivity index (χ0) is 30.9. The van der Waals surface area contributed by atoms with Gasteiger partial charge in [-0.1, -0.05) is 77.6 Å². The van der Waals surface area contributed by atoms with E-state index in [0.717, 1.165) is 44.5 Å². The molecule has 0 bridgehead atoms. The molecule has 238 valence electrons. The van der Waals surface area contributed by atoms with E-state index in [1.165, 1.54) is 0 Å². The van der Waals surface area contributed by atoms with Gasteiger partial charge in [0.15, 0.2) is 0 Å². The van der Waals surface area contributed by atoms with Gasteiger partial charge in [0.25, 0.3) is 0 Å². The molecule has 0 unspecified atom stereocenters. The fraction of sp³-hybridized carbons (Fsp3) is 0.412. The zero-order valence-electron chi connectivity index (χ0n) is 24.9. The first-order chi connectivity index (χ1) is 20.7. The van der Waals surface area contributed by atoms with Crippen molar-refractivity contribution >= 4 is 59.1 Å². The number of carbonyl (C=O) groups excluding carboxylic acids is 2. The molecule has 0 saturated carbocycles. The second-order valence-corrected chi connectivity index (χ2v) is 12.4. The first-order valence-corrected chi connectivity index (χ1v) is 16.0. The van der Waals surface area contributed by atoms with Gasteiger partial charge >= 0.3 is 5.97 Å². The van der Waals surface area contributed by atoms with Crippen LogP contribution in [-0.4, -0.2) is 54.7 Å². The lowest BCUT2D eigenvalue weighted by Crippen LogP contribution is -2.43. The van der Waals surface area contributed by atoms with E-state index in [1.807, 2.05) is 24.3 Å². The predicted octanol–water partition coefficient (Wildman–Crippen LogP) is 7.58. The van der Waals surface area contributed by atoms with Gasteiger partial charge in [0.2, 0.25) is 5.91 Å². The van der Waals surface area contributed by atoms with E-state index in [-0.39, 0.29) is 31.3 Å². The number of ether oxygens (including phenoxy) is 1. The molecular formula is C34H40Cl4N2O4. The second-order valence-electron chi connectivity index (χ2n) is 11.1. The average Bonchev–Trinajstić information content (AvgIpc) is 3.00. The van der Waals surface area contributed by atoms with Crippen LogP contribution in [0, 0.1) is 0 Å². The highest BCUT2D eigenvalue weighted by atomic mass is 35.5. The van der Waals surface area contributed by atoms with Crippen LogP contribution >= 0.6 is 47.2 Å². The highest BCUT2D eigenvalue weighted by molar-refractivity contribution is 6.31. The Labute approximate surface area is 281 Å². The van der Waals surface area contributed by atoms with E-state index >= 15 is 0 Å². The summed E-state index contributed by atoms with van der Waals surface area (Å²) in [5.74, 6) is -0.741. The maximum absolute atomic E-state index is 13.6. The minimum absolute atomic E-state index is 0. The van der Waals surface area contributed by atoms with Crippen LogP contribution in [0.25, 0.3) is 0 Å². The summed E-state index contributed by atoms with van der Waals surface area (Å²) in [7, 11) is 0. The number of unbranched alkanes of at least 4 members (excludes halogenated alkanes) is 2. The fourth-order valence-corrected chi connectivity index (χ4v) is 6.14. The number of rotatable bonds is 13. The van der Waals surface area contributed by atoms with E-state index in [0.29, 0.717) is 45.6 Å². The summed E-state index contributed by atoms with van der Waals surface area (Å²) < 4.78 is 5.52. The van der Waals surface area contributed by atoms with Crippen LogP contribution in [0.2, 0.25) is 15.1 Å². The van der Waals surface area contributed by atoms with Crippen LogP contribution in [0.4, 0.5) is 0 Å². The minimum Gasteiger partial charge on any atom is -0.465 e. The number of piperidine rings is 1. The third-order valence-corrected chi connectivity index (χ3v) is 9.02. The third-order valence-electron chi connectivity index (χ3n) is 8.26. The maximum Gasteiger partial charge on any atom is 0.321 e. The molecule has 1 aliphatic rings. The monoisotopic (exact) mass is 680 g/mol. The summed E-state index contributed by atoms with van der Waals surface area (Å²) in [5.41, 5.74) is 0.0145. The van der Waals surface area contributed by atoms with Gasteiger partial charge in [-0.3, -0.25) is 9.59 Å². The smallest absolute Gasteiger partial charge is 0.321 e. The van der Waals surface area contributed by atoms with Crippen molar-refractivity contribution in [3.8, 4) is 0 Å². The molecule has 0 aliphatic carbocycles. The predicted molar refractivity (Wildman–Crippen MR) is 180 cm³/mol. The molecule has 1 saturated heterocycles. The normalized spacial score (nSPS) is 14.8. The Hall–Kier alpha value is -2.32. The Morgan fingerprint density at radius 2 is 1.34 bits per heavy atom. The lowest BCUT2D eigenvalue weighted by atomic mass is 9.71. The van der Waals surface area contributed by atoms with E-state index in [2.05, 4.69) is 10.2 Å². The molecular weight excluding hydrogens is 642 g/mol. The van der Waals surface area contributed by atoms with Gasteiger partial charge < -0.3 is 20.1 Å². The number of esters is 1. The summed E-state index contributed by atoms with van der Waals surface area (Å²) in [6.45, 7) is 5.05. The van der Waals surface area contributed by atoms with Gasteiger partial charge in [-0.2, -0.15) is 0 Å². The molecule has 4 rings (SSSR count). The molecule has 0 radical (unpaired) electrons. The molecule has 1 amide bonds. The number of halogens is 4. The quantitative estimate of drug-likeness (QED) is 0.144.